The van der Waals surface area contributed by atoms with Crippen LogP contribution in [0.5, 0.6) is 0 Å². The minimum absolute atomic E-state index is 0.972. The average Bonchev–Trinajstić information content (AvgIpc) is 2.87. The van der Waals surface area contributed by atoms with Gasteiger partial charge in [0.15, 0.2) is 0 Å². The Balaban J connectivity index is 1.65. The number of hydrogen-bond acceptors (Lipinski definition) is 1. The number of halogens is 1. The zero-order valence-corrected chi connectivity index (χ0v) is 9.31. The van der Waals surface area contributed by atoms with Crippen molar-refractivity contribution in [3.05, 3.63) is 0 Å². The molecular formula is C10H19BrO. The maximum Gasteiger partial charge on any atom is 0.0468 e. The summed E-state index contributed by atoms with van der Waals surface area (Å²) in [5.41, 5.74) is 0. The normalized spacial score (nSPS) is 16.8. The van der Waals surface area contributed by atoms with Gasteiger partial charge in [0.25, 0.3) is 0 Å². The molecule has 0 atom stereocenters. The van der Waals surface area contributed by atoms with Crippen LogP contribution in [0.2, 0.25) is 0 Å². The van der Waals surface area contributed by atoms with E-state index in [4.69, 9.17) is 4.74 Å². The summed E-state index contributed by atoms with van der Waals surface area (Å²) in [6, 6.07) is 0. The molecule has 12 heavy (non-hydrogen) atoms. The molecule has 0 aromatic carbocycles. The summed E-state index contributed by atoms with van der Waals surface area (Å²) in [4.78, 5) is 0. The van der Waals surface area contributed by atoms with Crippen molar-refractivity contribution in [1.82, 2.24) is 0 Å². The Morgan fingerprint density at radius 2 is 1.92 bits per heavy atom. The second-order valence-corrected chi connectivity index (χ2v) is 4.39. The number of rotatable bonds is 8. The minimum atomic E-state index is 0.972. The van der Waals surface area contributed by atoms with Crippen LogP contribution in [0.4, 0.5) is 0 Å². The van der Waals surface area contributed by atoms with Gasteiger partial charge in [-0.25, -0.2) is 0 Å². The molecule has 1 rings (SSSR count). The molecule has 1 nitrogen and oxygen atoms in total. The Hall–Kier alpha value is 0.440. The Morgan fingerprint density at radius 1 is 1.08 bits per heavy atom. The van der Waals surface area contributed by atoms with Gasteiger partial charge in [-0.05, 0) is 25.2 Å². The fourth-order valence-electron chi connectivity index (χ4n) is 1.23. The minimum Gasteiger partial charge on any atom is -0.381 e. The van der Waals surface area contributed by atoms with Gasteiger partial charge in [0.2, 0.25) is 0 Å². The van der Waals surface area contributed by atoms with Crippen LogP contribution in [0.3, 0.4) is 0 Å². The van der Waals surface area contributed by atoms with Gasteiger partial charge in [0.05, 0.1) is 0 Å². The third-order valence-corrected chi connectivity index (χ3v) is 2.85. The molecule has 0 unspecified atom stereocenters. The highest BCUT2D eigenvalue weighted by atomic mass is 79.9. The number of ether oxygens (including phenoxy) is 1. The van der Waals surface area contributed by atoms with Crippen LogP contribution < -0.4 is 0 Å². The van der Waals surface area contributed by atoms with E-state index >= 15 is 0 Å². The summed E-state index contributed by atoms with van der Waals surface area (Å²) >= 11 is 3.42. The van der Waals surface area contributed by atoms with Crippen LogP contribution in [0.1, 0.15) is 38.5 Å². The third-order valence-electron chi connectivity index (χ3n) is 2.29. The summed E-state index contributed by atoms with van der Waals surface area (Å²) in [7, 11) is 0. The highest BCUT2D eigenvalue weighted by molar-refractivity contribution is 9.09. The standard InChI is InChI=1S/C10H19BrO/c11-7-2-1-3-8-12-9-6-10-4-5-10/h10H,1-9H2. The molecule has 0 N–H and O–H groups in total. The van der Waals surface area contributed by atoms with E-state index in [-0.39, 0.29) is 0 Å². The maximum absolute atomic E-state index is 5.52. The molecule has 0 aromatic heterocycles. The Morgan fingerprint density at radius 3 is 2.58 bits per heavy atom. The van der Waals surface area contributed by atoms with Crippen LogP contribution in [0, 0.1) is 5.92 Å². The van der Waals surface area contributed by atoms with Gasteiger partial charge in [0.1, 0.15) is 0 Å². The van der Waals surface area contributed by atoms with Crippen molar-refractivity contribution in [3.63, 3.8) is 0 Å². The van der Waals surface area contributed by atoms with Gasteiger partial charge >= 0.3 is 0 Å². The SMILES string of the molecule is BrCCCCCOCCC1CC1. The lowest BCUT2D eigenvalue weighted by atomic mass is 10.3. The second kappa shape index (κ2) is 6.90. The summed E-state index contributed by atoms with van der Waals surface area (Å²) in [5, 5.41) is 1.13. The lowest BCUT2D eigenvalue weighted by Gasteiger charge is -2.02. The first-order valence-corrected chi connectivity index (χ1v) is 6.19. The molecular weight excluding hydrogens is 216 g/mol. The van der Waals surface area contributed by atoms with Crippen LogP contribution in [-0.4, -0.2) is 18.5 Å². The van der Waals surface area contributed by atoms with E-state index in [2.05, 4.69) is 15.9 Å². The highest BCUT2D eigenvalue weighted by Crippen LogP contribution is 2.32. The largest absolute Gasteiger partial charge is 0.381 e. The molecule has 1 saturated carbocycles. The summed E-state index contributed by atoms with van der Waals surface area (Å²) in [6.07, 6.45) is 8.02. The highest BCUT2D eigenvalue weighted by Gasteiger charge is 2.20. The van der Waals surface area contributed by atoms with Crippen molar-refractivity contribution in [3.8, 4) is 0 Å². The van der Waals surface area contributed by atoms with Crippen molar-refractivity contribution in [2.45, 2.75) is 38.5 Å². The predicted molar refractivity (Wildman–Crippen MR) is 55.8 cm³/mol. The molecule has 0 saturated heterocycles. The first-order valence-electron chi connectivity index (χ1n) is 5.07. The van der Waals surface area contributed by atoms with E-state index in [1.807, 2.05) is 0 Å². The van der Waals surface area contributed by atoms with Crippen LogP contribution in [-0.2, 0) is 4.74 Å². The Kier molecular flexibility index (Phi) is 6.05. The van der Waals surface area contributed by atoms with Crippen molar-refractivity contribution in [1.29, 1.82) is 0 Å². The molecule has 1 fully saturated rings. The third kappa shape index (κ3) is 6.01. The van der Waals surface area contributed by atoms with E-state index in [0.29, 0.717) is 0 Å². The Labute approximate surface area is 84.0 Å². The van der Waals surface area contributed by atoms with Gasteiger partial charge in [-0.15, -0.1) is 0 Å². The quantitative estimate of drug-likeness (QED) is 0.463. The molecule has 72 valence electrons. The molecule has 1 aliphatic rings. The van der Waals surface area contributed by atoms with Crippen molar-refractivity contribution in [2.24, 2.45) is 5.92 Å². The summed E-state index contributed by atoms with van der Waals surface area (Å²) in [6.45, 7) is 1.97. The lowest BCUT2D eigenvalue weighted by molar-refractivity contribution is 0.124. The van der Waals surface area contributed by atoms with Gasteiger partial charge in [0, 0.05) is 18.5 Å². The molecule has 2 heteroatoms. The van der Waals surface area contributed by atoms with Crippen LogP contribution in [0.15, 0.2) is 0 Å². The summed E-state index contributed by atoms with van der Waals surface area (Å²) < 4.78 is 5.52. The van der Waals surface area contributed by atoms with Crippen molar-refractivity contribution < 1.29 is 4.74 Å². The fraction of sp³-hybridized carbons (Fsp3) is 1.00. The van der Waals surface area contributed by atoms with Gasteiger partial charge in [-0.2, -0.15) is 0 Å². The second-order valence-electron chi connectivity index (χ2n) is 3.59. The first kappa shape index (κ1) is 10.5. The van der Waals surface area contributed by atoms with Crippen LogP contribution in [0.25, 0.3) is 0 Å². The average molecular weight is 235 g/mol. The molecule has 1 aliphatic carbocycles. The monoisotopic (exact) mass is 234 g/mol. The molecule has 0 heterocycles. The lowest BCUT2D eigenvalue weighted by Crippen LogP contribution is -1.97. The predicted octanol–water partition coefficient (Wildman–Crippen LogP) is 3.37. The molecule has 0 aliphatic heterocycles. The molecule has 0 radical (unpaired) electrons. The fourth-order valence-corrected chi connectivity index (χ4v) is 1.63. The van der Waals surface area contributed by atoms with E-state index in [9.17, 15) is 0 Å². The van der Waals surface area contributed by atoms with E-state index < -0.39 is 0 Å². The van der Waals surface area contributed by atoms with E-state index in [1.54, 1.807) is 0 Å². The van der Waals surface area contributed by atoms with Crippen molar-refractivity contribution in [2.75, 3.05) is 18.5 Å². The smallest absolute Gasteiger partial charge is 0.0468 e. The number of hydrogen-bond donors (Lipinski definition) is 0. The summed E-state index contributed by atoms with van der Waals surface area (Å²) in [5.74, 6) is 1.02. The maximum atomic E-state index is 5.52. The zero-order valence-electron chi connectivity index (χ0n) is 7.73. The molecule has 0 amide bonds. The number of alkyl halides is 1. The van der Waals surface area contributed by atoms with E-state index in [1.165, 1.54) is 38.5 Å². The first-order chi connectivity index (χ1) is 5.93. The van der Waals surface area contributed by atoms with Gasteiger partial charge < -0.3 is 4.74 Å². The molecule has 0 aromatic rings. The molecule has 0 spiro atoms. The van der Waals surface area contributed by atoms with Gasteiger partial charge in [-0.1, -0.05) is 35.2 Å². The number of unbranched alkanes of at least 4 members (excludes halogenated alkanes) is 2. The molecule has 0 bridgehead atoms. The van der Waals surface area contributed by atoms with E-state index in [0.717, 1.165) is 24.5 Å². The van der Waals surface area contributed by atoms with Crippen molar-refractivity contribution >= 4 is 15.9 Å². The topological polar surface area (TPSA) is 9.23 Å². The zero-order chi connectivity index (χ0) is 8.65. The van der Waals surface area contributed by atoms with Crippen LogP contribution >= 0.6 is 15.9 Å². The Bertz CT molecular complexity index is 102. The van der Waals surface area contributed by atoms with Gasteiger partial charge in [-0.3, -0.25) is 0 Å².